The average molecular weight is 342 g/mol. The van der Waals surface area contributed by atoms with E-state index in [0.717, 1.165) is 11.1 Å². The number of hydrogen-bond donors (Lipinski definition) is 3. The highest BCUT2D eigenvalue weighted by Gasteiger charge is 2.22. The van der Waals surface area contributed by atoms with Crippen LogP contribution in [0.25, 0.3) is 0 Å². The van der Waals surface area contributed by atoms with Gasteiger partial charge >= 0.3 is 0 Å². The lowest BCUT2D eigenvalue weighted by atomic mass is 10.00. The zero-order valence-electron chi connectivity index (χ0n) is 13.0. The molecular weight excluding hydrogens is 320 g/mol. The van der Waals surface area contributed by atoms with Gasteiger partial charge in [0.15, 0.2) is 0 Å². The number of amides is 1. The van der Waals surface area contributed by atoms with Crippen molar-refractivity contribution in [3.05, 3.63) is 29.3 Å². The molecule has 0 saturated carbocycles. The maximum Gasteiger partial charge on any atom is 0.248 e. The van der Waals surface area contributed by atoms with Crippen LogP contribution in [0.5, 0.6) is 0 Å². The summed E-state index contributed by atoms with van der Waals surface area (Å²) in [6, 6.07) is 4.84. The monoisotopic (exact) mass is 342 g/mol. The van der Waals surface area contributed by atoms with Crippen molar-refractivity contribution in [2.24, 2.45) is 0 Å². The van der Waals surface area contributed by atoms with Crippen LogP contribution in [0, 0.1) is 0 Å². The third-order valence-electron chi connectivity index (χ3n) is 3.84. The fourth-order valence-corrected chi connectivity index (χ4v) is 3.59. The summed E-state index contributed by atoms with van der Waals surface area (Å²) in [6.45, 7) is 2.10. The second-order valence-electron chi connectivity index (χ2n) is 5.69. The summed E-state index contributed by atoms with van der Waals surface area (Å²) in [4.78, 5) is 13.3. The summed E-state index contributed by atoms with van der Waals surface area (Å²) in [6.07, 6.45) is 0.344. The lowest BCUT2D eigenvalue weighted by Gasteiger charge is -2.28. The first-order chi connectivity index (χ1) is 10.8. The highest BCUT2D eigenvalue weighted by molar-refractivity contribution is 7.89. The van der Waals surface area contributed by atoms with Gasteiger partial charge in [-0.2, -0.15) is 0 Å². The van der Waals surface area contributed by atoms with Crippen molar-refractivity contribution in [2.45, 2.75) is 37.3 Å². The molecule has 0 aromatic heterocycles. The predicted molar refractivity (Wildman–Crippen MR) is 84.1 cm³/mol. The molecule has 1 aliphatic rings. The van der Waals surface area contributed by atoms with Crippen molar-refractivity contribution >= 4 is 15.9 Å². The Kier molecular flexibility index (Phi) is 5.74. The molecule has 0 radical (unpaired) electrons. The van der Waals surface area contributed by atoms with Crippen LogP contribution in [0.2, 0.25) is 0 Å². The van der Waals surface area contributed by atoms with Gasteiger partial charge in [-0.3, -0.25) is 4.79 Å². The van der Waals surface area contributed by atoms with Gasteiger partial charge in [-0.1, -0.05) is 6.07 Å². The minimum Gasteiger partial charge on any atom is -0.393 e. The molecule has 23 heavy (non-hydrogen) atoms. The van der Waals surface area contributed by atoms with Gasteiger partial charge in [-0.25, -0.2) is 13.1 Å². The minimum atomic E-state index is -3.61. The molecule has 1 heterocycles. The van der Waals surface area contributed by atoms with E-state index in [9.17, 15) is 18.3 Å². The van der Waals surface area contributed by atoms with E-state index in [1.807, 2.05) is 0 Å². The Hall–Kier alpha value is -1.48. The van der Waals surface area contributed by atoms with Gasteiger partial charge in [0.25, 0.3) is 0 Å². The molecule has 0 fully saturated rings. The second kappa shape index (κ2) is 7.39. The van der Waals surface area contributed by atoms with Gasteiger partial charge in [0.1, 0.15) is 6.61 Å². The number of aliphatic hydroxyl groups excluding tert-OH is 2. The van der Waals surface area contributed by atoms with Crippen LogP contribution in [-0.4, -0.2) is 55.2 Å². The van der Waals surface area contributed by atoms with E-state index in [0.29, 0.717) is 25.9 Å². The average Bonchev–Trinajstić information content (AvgIpc) is 2.52. The number of nitrogens with zero attached hydrogens (tertiary/aromatic N) is 1. The van der Waals surface area contributed by atoms with Crippen LogP contribution in [0.15, 0.2) is 23.1 Å². The summed E-state index contributed by atoms with van der Waals surface area (Å²) in [5, 5.41) is 18.1. The molecule has 0 bridgehead atoms. The van der Waals surface area contributed by atoms with Crippen molar-refractivity contribution in [3.8, 4) is 0 Å². The second-order valence-corrected chi connectivity index (χ2v) is 7.46. The van der Waals surface area contributed by atoms with E-state index < -0.39 is 22.7 Å². The van der Waals surface area contributed by atoms with Gasteiger partial charge < -0.3 is 15.1 Å². The number of aliphatic hydroxyl groups is 2. The third kappa shape index (κ3) is 4.51. The lowest BCUT2D eigenvalue weighted by Crippen LogP contribution is -2.37. The number of carbonyl (C=O) groups is 1. The van der Waals surface area contributed by atoms with Crippen LogP contribution in [-0.2, 0) is 27.8 Å². The van der Waals surface area contributed by atoms with Gasteiger partial charge in [0, 0.05) is 19.6 Å². The van der Waals surface area contributed by atoms with E-state index in [1.54, 1.807) is 24.0 Å². The highest BCUT2D eigenvalue weighted by atomic mass is 32.2. The summed E-state index contributed by atoms with van der Waals surface area (Å²) in [5.74, 6) is -0.327. The Morgan fingerprint density at radius 3 is 2.78 bits per heavy atom. The molecule has 1 atom stereocenters. The topological polar surface area (TPSA) is 107 Å². The Labute approximate surface area is 136 Å². The maximum atomic E-state index is 12.2. The fourth-order valence-electron chi connectivity index (χ4n) is 2.49. The van der Waals surface area contributed by atoms with E-state index in [1.165, 1.54) is 6.07 Å². The minimum absolute atomic E-state index is 0.176. The van der Waals surface area contributed by atoms with Gasteiger partial charge in [-0.15, -0.1) is 0 Å². The predicted octanol–water partition coefficient (Wildman–Crippen LogP) is -0.387. The smallest absolute Gasteiger partial charge is 0.248 e. The number of carbonyl (C=O) groups excluding carboxylic acids is 1. The first kappa shape index (κ1) is 17.9. The van der Waals surface area contributed by atoms with Crippen molar-refractivity contribution < 1.29 is 23.4 Å². The first-order valence-electron chi connectivity index (χ1n) is 7.51. The lowest BCUT2D eigenvalue weighted by molar-refractivity contribution is -0.135. The number of rotatable bonds is 6. The molecule has 1 aromatic rings. The van der Waals surface area contributed by atoms with Crippen LogP contribution in [0.1, 0.15) is 24.5 Å². The molecule has 0 spiro atoms. The fraction of sp³-hybridized carbons (Fsp3) is 0.533. The number of nitrogens with one attached hydrogen (secondary N) is 1. The summed E-state index contributed by atoms with van der Waals surface area (Å²) in [5.41, 5.74) is 1.78. The number of benzene rings is 1. The first-order valence-corrected chi connectivity index (χ1v) is 9.00. The van der Waals surface area contributed by atoms with E-state index >= 15 is 0 Å². The molecule has 1 aliphatic heterocycles. The van der Waals surface area contributed by atoms with Gasteiger partial charge in [0.2, 0.25) is 15.9 Å². The molecule has 1 aromatic carbocycles. The molecule has 128 valence electrons. The zero-order valence-corrected chi connectivity index (χ0v) is 13.8. The Balaban J connectivity index is 2.11. The molecule has 1 amide bonds. The van der Waals surface area contributed by atoms with Crippen molar-refractivity contribution in [1.29, 1.82) is 0 Å². The van der Waals surface area contributed by atoms with Crippen LogP contribution < -0.4 is 4.72 Å². The van der Waals surface area contributed by atoms with Gasteiger partial charge in [0.05, 0.1) is 11.0 Å². The van der Waals surface area contributed by atoms with Crippen molar-refractivity contribution in [2.75, 3.05) is 19.7 Å². The Morgan fingerprint density at radius 1 is 1.39 bits per heavy atom. The van der Waals surface area contributed by atoms with Crippen LogP contribution in [0.4, 0.5) is 0 Å². The number of sulfonamides is 1. The molecule has 0 unspecified atom stereocenters. The molecule has 3 N–H and O–H groups in total. The normalized spacial score (nSPS) is 16.0. The largest absolute Gasteiger partial charge is 0.393 e. The molecular formula is C15H22N2O5S. The van der Waals surface area contributed by atoms with Crippen molar-refractivity contribution in [1.82, 2.24) is 9.62 Å². The number of hydrogen-bond acceptors (Lipinski definition) is 5. The SMILES string of the molecule is C[C@H](O)CCNS(=O)(=O)c1ccc2c(c1)CCN(C(=O)CO)C2. The molecule has 0 aliphatic carbocycles. The molecule has 0 saturated heterocycles. The molecule has 8 heteroatoms. The van der Waals surface area contributed by atoms with E-state index in [2.05, 4.69) is 4.72 Å². The Morgan fingerprint density at radius 2 is 2.13 bits per heavy atom. The Bertz CT molecular complexity index is 672. The van der Waals surface area contributed by atoms with Crippen LogP contribution >= 0.6 is 0 Å². The standard InChI is InChI=1S/C15H22N2O5S/c1-11(19)4-6-16-23(21,22)14-3-2-13-9-17(15(20)10-18)7-5-12(13)8-14/h2-3,8,11,16,18-19H,4-7,9-10H2,1H3/t11-/m0/s1. The number of fused-ring (bicyclic) bond motifs is 1. The highest BCUT2D eigenvalue weighted by Crippen LogP contribution is 2.22. The molecule has 7 nitrogen and oxygen atoms in total. The summed E-state index contributed by atoms with van der Waals surface area (Å²) in [7, 11) is -3.61. The van der Waals surface area contributed by atoms with Crippen molar-refractivity contribution in [3.63, 3.8) is 0 Å². The summed E-state index contributed by atoms with van der Waals surface area (Å²) < 4.78 is 26.9. The van der Waals surface area contributed by atoms with E-state index in [4.69, 9.17) is 5.11 Å². The maximum absolute atomic E-state index is 12.2. The van der Waals surface area contributed by atoms with E-state index in [-0.39, 0.29) is 17.3 Å². The summed E-state index contributed by atoms with van der Waals surface area (Å²) >= 11 is 0. The third-order valence-corrected chi connectivity index (χ3v) is 5.30. The van der Waals surface area contributed by atoms with Gasteiger partial charge in [-0.05, 0) is 43.0 Å². The molecule has 2 rings (SSSR count). The zero-order chi connectivity index (χ0) is 17.0. The quantitative estimate of drug-likeness (QED) is 0.653. The van der Waals surface area contributed by atoms with Crippen LogP contribution in [0.3, 0.4) is 0 Å².